The summed E-state index contributed by atoms with van der Waals surface area (Å²) in [6.07, 6.45) is 3.58. The number of carbonyl (C=O) groups excluding carboxylic acids is 1. The summed E-state index contributed by atoms with van der Waals surface area (Å²) in [4.78, 5) is 25.3. The molecule has 7 nitrogen and oxygen atoms in total. The van der Waals surface area contributed by atoms with E-state index >= 15 is 0 Å². The predicted molar refractivity (Wildman–Crippen MR) is 90.1 cm³/mol. The van der Waals surface area contributed by atoms with Crippen LogP contribution in [0.4, 0.5) is 11.4 Å². The quantitative estimate of drug-likeness (QED) is 0.638. The summed E-state index contributed by atoms with van der Waals surface area (Å²) in [6, 6.07) is 4.60. The molecule has 0 bridgehead atoms. The molecule has 1 saturated heterocycles. The fourth-order valence-corrected chi connectivity index (χ4v) is 3.30. The molecule has 1 aliphatic heterocycles. The van der Waals surface area contributed by atoms with Gasteiger partial charge >= 0.3 is 0 Å². The molecule has 2 aliphatic rings. The Labute approximate surface area is 140 Å². The first-order chi connectivity index (χ1) is 11.3. The number of nitro benzene ring substituents is 1. The van der Waals surface area contributed by atoms with Gasteiger partial charge in [-0.25, -0.2) is 0 Å². The van der Waals surface area contributed by atoms with Gasteiger partial charge in [-0.1, -0.05) is 0 Å². The molecular weight excluding hydrogens is 310 g/mol. The third kappa shape index (κ3) is 3.36. The van der Waals surface area contributed by atoms with Crippen molar-refractivity contribution in [2.45, 2.75) is 57.2 Å². The van der Waals surface area contributed by atoms with Gasteiger partial charge in [0.2, 0.25) is 0 Å². The molecule has 0 radical (unpaired) electrons. The van der Waals surface area contributed by atoms with E-state index in [1.807, 2.05) is 0 Å². The number of amides is 1. The molecule has 1 saturated carbocycles. The summed E-state index contributed by atoms with van der Waals surface area (Å²) in [5.41, 5.74) is -0.323. The van der Waals surface area contributed by atoms with Gasteiger partial charge in [0, 0.05) is 24.2 Å². The maximum Gasteiger partial charge on any atom is 0.293 e. The van der Waals surface area contributed by atoms with E-state index in [0.29, 0.717) is 23.8 Å². The zero-order chi connectivity index (χ0) is 17.5. The van der Waals surface area contributed by atoms with Crippen molar-refractivity contribution < 1.29 is 14.8 Å². The lowest BCUT2D eigenvalue weighted by Crippen LogP contribution is -2.48. The van der Waals surface area contributed by atoms with Crippen molar-refractivity contribution in [2.75, 3.05) is 11.9 Å². The van der Waals surface area contributed by atoms with E-state index in [-0.39, 0.29) is 17.6 Å². The van der Waals surface area contributed by atoms with Crippen LogP contribution in [0.25, 0.3) is 0 Å². The lowest BCUT2D eigenvalue weighted by molar-refractivity contribution is -0.384. The highest BCUT2D eigenvalue weighted by Crippen LogP contribution is 2.33. The summed E-state index contributed by atoms with van der Waals surface area (Å²) in [7, 11) is 0. The van der Waals surface area contributed by atoms with Gasteiger partial charge in [0.15, 0.2) is 0 Å². The Balaban J connectivity index is 1.86. The molecule has 1 atom stereocenters. The molecule has 2 N–H and O–H groups in total. The van der Waals surface area contributed by atoms with Crippen LogP contribution >= 0.6 is 0 Å². The van der Waals surface area contributed by atoms with Crippen molar-refractivity contribution in [3.05, 3.63) is 33.9 Å². The maximum absolute atomic E-state index is 12.8. The van der Waals surface area contributed by atoms with E-state index in [0.717, 1.165) is 25.7 Å². The van der Waals surface area contributed by atoms with Crippen molar-refractivity contribution in [1.82, 2.24) is 4.90 Å². The van der Waals surface area contributed by atoms with Crippen molar-refractivity contribution in [3.8, 4) is 0 Å². The van der Waals surface area contributed by atoms with E-state index in [1.54, 1.807) is 30.9 Å². The standard InChI is InChI=1S/C17H23N3O4/c1-17(2,22)15-4-3-9-19(15)16(21)11-5-8-13(18-12-6-7-12)14(10-11)20(23)24/h5,8,10,12,15,18,22H,3-4,6-7,9H2,1-2H3. The van der Waals surface area contributed by atoms with Crippen LogP contribution in [-0.4, -0.2) is 45.1 Å². The average Bonchev–Trinajstić information content (AvgIpc) is 3.17. The number of benzene rings is 1. The minimum absolute atomic E-state index is 0.0771. The topological polar surface area (TPSA) is 95.7 Å². The Hall–Kier alpha value is -2.15. The molecule has 1 aromatic rings. The molecule has 7 heteroatoms. The van der Waals surface area contributed by atoms with Gasteiger partial charge in [-0.3, -0.25) is 14.9 Å². The minimum Gasteiger partial charge on any atom is -0.388 e. The SMILES string of the molecule is CC(C)(O)C1CCCN1C(=O)c1ccc(NC2CC2)c([N+](=O)[O-])c1. The Morgan fingerprint density at radius 3 is 2.67 bits per heavy atom. The fourth-order valence-electron chi connectivity index (χ4n) is 3.30. The third-order valence-electron chi connectivity index (χ3n) is 4.71. The zero-order valence-electron chi connectivity index (χ0n) is 14.0. The molecule has 2 fully saturated rings. The van der Waals surface area contributed by atoms with Gasteiger partial charge in [0.25, 0.3) is 11.6 Å². The molecule has 3 rings (SSSR count). The number of carbonyl (C=O) groups is 1. The number of nitrogens with zero attached hydrogens (tertiary/aromatic N) is 2. The van der Waals surface area contributed by atoms with E-state index < -0.39 is 10.5 Å². The first kappa shape index (κ1) is 16.7. The number of likely N-dealkylation sites (tertiary alicyclic amines) is 1. The van der Waals surface area contributed by atoms with E-state index in [9.17, 15) is 20.0 Å². The van der Waals surface area contributed by atoms with Gasteiger partial charge in [0.1, 0.15) is 5.69 Å². The second-order valence-electron chi connectivity index (χ2n) is 7.22. The Kier molecular flexibility index (Phi) is 4.21. The summed E-state index contributed by atoms with van der Waals surface area (Å²) < 4.78 is 0. The zero-order valence-corrected chi connectivity index (χ0v) is 14.0. The van der Waals surface area contributed by atoms with E-state index in [2.05, 4.69) is 5.32 Å². The summed E-state index contributed by atoms with van der Waals surface area (Å²) in [6.45, 7) is 3.94. The Morgan fingerprint density at radius 1 is 1.38 bits per heavy atom. The van der Waals surface area contributed by atoms with Crippen molar-refractivity contribution >= 4 is 17.3 Å². The molecule has 1 aromatic carbocycles. The van der Waals surface area contributed by atoms with Crippen LogP contribution in [0, 0.1) is 10.1 Å². The predicted octanol–water partition coefficient (Wildman–Crippen LogP) is 2.54. The average molecular weight is 333 g/mol. The molecule has 0 spiro atoms. The molecule has 0 aromatic heterocycles. The number of hydrogen-bond donors (Lipinski definition) is 2. The van der Waals surface area contributed by atoms with Crippen molar-refractivity contribution in [3.63, 3.8) is 0 Å². The highest BCUT2D eigenvalue weighted by molar-refractivity contribution is 5.96. The molecule has 1 amide bonds. The number of anilines is 1. The van der Waals surface area contributed by atoms with Gasteiger partial charge in [0.05, 0.1) is 16.6 Å². The molecule has 1 heterocycles. The smallest absolute Gasteiger partial charge is 0.293 e. The highest BCUT2D eigenvalue weighted by Gasteiger charge is 2.39. The van der Waals surface area contributed by atoms with Crippen LogP contribution < -0.4 is 5.32 Å². The van der Waals surface area contributed by atoms with Crippen LogP contribution in [0.2, 0.25) is 0 Å². The normalized spacial score (nSPS) is 21.0. The van der Waals surface area contributed by atoms with E-state index in [4.69, 9.17) is 0 Å². The first-order valence-electron chi connectivity index (χ1n) is 8.35. The van der Waals surface area contributed by atoms with Crippen molar-refractivity contribution in [2.24, 2.45) is 0 Å². The highest BCUT2D eigenvalue weighted by atomic mass is 16.6. The second kappa shape index (κ2) is 6.05. The monoisotopic (exact) mass is 333 g/mol. The van der Waals surface area contributed by atoms with Crippen molar-refractivity contribution in [1.29, 1.82) is 0 Å². The lowest BCUT2D eigenvalue weighted by atomic mass is 9.96. The number of rotatable bonds is 5. The number of nitrogens with one attached hydrogen (secondary N) is 1. The van der Waals surface area contributed by atoms with Crippen LogP contribution in [0.15, 0.2) is 18.2 Å². The number of nitro groups is 1. The van der Waals surface area contributed by atoms with Crippen LogP contribution in [0.3, 0.4) is 0 Å². The van der Waals surface area contributed by atoms with Gasteiger partial charge < -0.3 is 15.3 Å². The van der Waals surface area contributed by atoms with Crippen LogP contribution in [0.1, 0.15) is 49.9 Å². The second-order valence-corrected chi connectivity index (χ2v) is 7.22. The maximum atomic E-state index is 12.8. The molecule has 1 unspecified atom stereocenters. The summed E-state index contributed by atoms with van der Waals surface area (Å²) in [5.74, 6) is -0.263. The Morgan fingerprint density at radius 2 is 2.08 bits per heavy atom. The van der Waals surface area contributed by atoms with Gasteiger partial charge in [-0.05, 0) is 51.7 Å². The number of aliphatic hydroxyl groups is 1. The third-order valence-corrected chi connectivity index (χ3v) is 4.71. The number of hydrogen-bond acceptors (Lipinski definition) is 5. The Bertz CT molecular complexity index is 664. The minimum atomic E-state index is -0.994. The largest absolute Gasteiger partial charge is 0.388 e. The first-order valence-corrected chi connectivity index (χ1v) is 8.35. The summed E-state index contributed by atoms with van der Waals surface area (Å²) in [5, 5.41) is 24.7. The van der Waals surface area contributed by atoms with Gasteiger partial charge in [-0.15, -0.1) is 0 Å². The summed E-state index contributed by atoms with van der Waals surface area (Å²) >= 11 is 0. The van der Waals surface area contributed by atoms with E-state index in [1.165, 1.54) is 6.07 Å². The molecule has 1 aliphatic carbocycles. The van der Waals surface area contributed by atoms with Crippen LogP contribution in [-0.2, 0) is 0 Å². The molecule has 24 heavy (non-hydrogen) atoms. The fraction of sp³-hybridized carbons (Fsp3) is 0.588. The lowest BCUT2D eigenvalue weighted by Gasteiger charge is -2.33. The molecule has 130 valence electrons. The molecular formula is C17H23N3O4. The van der Waals surface area contributed by atoms with Crippen LogP contribution in [0.5, 0.6) is 0 Å². The van der Waals surface area contributed by atoms with Gasteiger partial charge in [-0.2, -0.15) is 0 Å².